The van der Waals surface area contributed by atoms with Gasteiger partial charge in [-0.05, 0) is 18.6 Å². The predicted octanol–water partition coefficient (Wildman–Crippen LogP) is 1.21. The molecular weight excluding hydrogens is 232 g/mol. The summed E-state index contributed by atoms with van der Waals surface area (Å²) in [6.45, 7) is 3.83. The van der Waals surface area contributed by atoms with Crippen LogP contribution in [-0.4, -0.2) is 39.1 Å². The van der Waals surface area contributed by atoms with E-state index in [2.05, 4.69) is 10.6 Å². The van der Waals surface area contributed by atoms with Crippen LogP contribution in [0.1, 0.15) is 6.42 Å². The molecule has 2 aliphatic rings. The van der Waals surface area contributed by atoms with Crippen molar-refractivity contribution in [1.82, 2.24) is 5.32 Å². The van der Waals surface area contributed by atoms with E-state index >= 15 is 0 Å². The molecule has 1 atom stereocenters. The average molecular weight is 250 g/mol. The van der Waals surface area contributed by atoms with Gasteiger partial charge in [0.2, 0.25) is 6.79 Å². The Morgan fingerprint density at radius 2 is 2.22 bits per heavy atom. The molecule has 2 N–H and O–H groups in total. The van der Waals surface area contributed by atoms with Gasteiger partial charge in [-0.3, -0.25) is 0 Å². The average Bonchev–Trinajstić information content (AvgIpc) is 2.87. The summed E-state index contributed by atoms with van der Waals surface area (Å²) in [6, 6.07) is 6.39. The molecular formula is C13H18N2O3. The second kappa shape index (κ2) is 5.46. The lowest BCUT2D eigenvalue weighted by Crippen LogP contribution is -2.42. The van der Waals surface area contributed by atoms with Crippen molar-refractivity contribution in [3.05, 3.63) is 18.2 Å². The highest BCUT2D eigenvalue weighted by atomic mass is 16.7. The van der Waals surface area contributed by atoms with Gasteiger partial charge in [-0.15, -0.1) is 0 Å². The quantitative estimate of drug-likeness (QED) is 0.841. The highest BCUT2D eigenvalue weighted by Crippen LogP contribution is 2.34. The number of benzene rings is 1. The second-order valence-corrected chi connectivity index (χ2v) is 4.51. The molecule has 18 heavy (non-hydrogen) atoms. The summed E-state index contributed by atoms with van der Waals surface area (Å²) in [5.41, 5.74) is 1.07. The van der Waals surface area contributed by atoms with E-state index in [-0.39, 0.29) is 0 Å². The van der Waals surface area contributed by atoms with Gasteiger partial charge in [0.25, 0.3) is 0 Å². The zero-order valence-corrected chi connectivity index (χ0v) is 10.3. The van der Waals surface area contributed by atoms with Crippen LogP contribution in [0.3, 0.4) is 0 Å². The number of morpholine rings is 1. The Morgan fingerprint density at radius 1 is 1.28 bits per heavy atom. The van der Waals surface area contributed by atoms with Crippen molar-refractivity contribution in [2.45, 2.75) is 12.5 Å². The highest BCUT2D eigenvalue weighted by molar-refractivity contribution is 5.55. The summed E-state index contributed by atoms with van der Waals surface area (Å²) in [5, 5.41) is 6.83. The van der Waals surface area contributed by atoms with Crippen molar-refractivity contribution in [3.8, 4) is 11.5 Å². The van der Waals surface area contributed by atoms with E-state index in [1.807, 2.05) is 18.2 Å². The Balaban J connectivity index is 1.48. The molecule has 1 saturated heterocycles. The zero-order chi connectivity index (χ0) is 12.2. The minimum Gasteiger partial charge on any atom is -0.454 e. The topological polar surface area (TPSA) is 51.8 Å². The number of rotatable bonds is 4. The lowest BCUT2D eigenvalue weighted by molar-refractivity contribution is 0.0753. The zero-order valence-electron chi connectivity index (χ0n) is 10.3. The lowest BCUT2D eigenvalue weighted by atomic mass is 10.2. The minimum absolute atomic E-state index is 0.322. The van der Waals surface area contributed by atoms with Crippen molar-refractivity contribution in [2.75, 3.05) is 38.4 Å². The summed E-state index contributed by atoms with van der Waals surface area (Å²) in [5.74, 6) is 1.64. The Kier molecular flexibility index (Phi) is 3.52. The molecule has 0 spiro atoms. The monoisotopic (exact) mass is 250 g/mol. The molecule has 0 saturated carbocycles. The fraction of sp³-hybridized carbons (Fsp3) is 0.538. The maximum Gasteiger partial charge on any atom is 0.231 e. The van der Waals surface area contributed by atoms with Crippen molar-refractivity contribution in [1.29, 1.82) is 0 Å². The van der Waals surface area contributed by atoms with Gasteiger partial charge < -0.3 is 24.8 Å². The minimum atomic E-state index is 0.322. The van der Waals surface area contributed by atoms with E-state index < -0.39 is 0 Å². The van der Waals surface area contributed by atoms with Gasteiger partial charge in [0.1, 0.15) is 0 Å². The summed E-state index contributed by atoms with van der Waals surface area (Å²) >= 11 is 0. The summed E-state index contributed by atoms with van der Waals surface area (Å²) in [4.78, 5) is 0. The van der Waals surface area contributed by atoms with Crippen molar-refractivity contribution in [2.24, 2.45) is 0 Å². The third kappa shape index (κ3) is 2.68. The predicted molar refractivity (Wildman–Crippen MR) is 68.3 cm³/mol. The number of anilines is 1. The second-order valence-electron chi connectivity index (χ2n) is 4.51. The van der Waals surface area contributed by atoms with E-state index in [0.29, 0.717) is 12.8 Å². The molecule has 1 aromatic carbocycles. The number of hydrogen-bond acceptors (Lipinski definition) is 5. The van der Waals surface area contributed by atoms with Gasteiger partial charge in [-0.1, -0.05) is 0 Å². The van der Waals surface area contributed by atoms with Gasteiger partial charge in [0.15, 0.2) is 11.5 Å². The lowest BCUT2D eigenvalue weighted by Gasteiger charge is -2.23. The van der Waals surface area contributed by atoms with Gasteiger partial charge >= 0.3 is 0 Å². The van der Waals surface area contributed by atoms with Crippen molar-refractivity contribution in [3.63, 3.8) is 0 Å². The smallest absolute Gasteiger partial charge is 0.231 e. The molecule has 5 nitrogen and oxygen atoms in total. The van der Waals surface area contributed by atoms with Gasteiger partial charge in [0.05, 0.1) is 13.2 Å². The van der Waals surface area contributed by atoms with Crippen LogP contribution in [0, 0.1) is 0 Å². The largest absolute Gasteiger partial charge is 0.454 e. The summed E-state index contributed by atoms with van der Waals surface area (Å²) in [7, 11) is 0. The van der Waals surface area contributed by atoms with Gasteiger partial charge in [-0.2, -0.15) is 0 Å². The number of nitrogens with one attached hydrogen (secondary N) is 2. The maximum absolute atomic E-state index is 5.42. The third-order valence-electron chi connectivity index (χ3n) is 3.19. The summed E-state index contributed by atoms with van der Waals surface area (Å²) < 4.78 is 16.0. The Labute approximate surface area is 106 Å². The molecule has 0 aromatic heterocycles. The Hall–Kier alpha value is -1.46. The standard InChI is InChI=1S/C13H18N2O3/c1-2-12-13(18-9-17-12)7-10(1)14-4-3-11-8-16-6-5-15-11/h1-2,7,11,14-15H,3-6,8-9H2. The first kappa shape index (κ1) is 11.6. The van der Waals surface area contributed by atoms with Crippen LogP contribution < -0.4 is 20.1 Å². The van der Waals surface area contributed by atoms with E-state index in [1.165, 1.54) is 0 Å². The van der Waals surface area contributed by atoms with E-state index in [0.717, 1.165) is 49.9 Å². The Morgan fingerprint density at radius 3 is 3.11 bits per heavy atom. The summed E-state index contributed by atoms with van der Waals surface area (Å²) in [6.07, 6.45) is 1.05. The highest BCUT2D eigenvalue weighted by Gasteiger charge is 2.14. The SMILES string of the molecule is c1cc2c(cc1NCCC1COCCN1)OCO2. The van der Waals surface area contributed by atoms with Crippen molar-refractivity contribution < 1.29 is 14.2 Å². The van der Waals surface area contributed by atoms with E-state index in [4.69, 9.17) is 14.2 Å². The molecule has 2 aliphatic heterocycles. The maximum atomic E-state index is 5.42. The molecule has 0 radical (unpaired) electrons. The van der Waals surface area contributed by atoms with Crippen molar-refractivity contribution >= 4 is 5.69 Å². The van der Waals surface area contributed by atoms with Gasteiger partial charge in [-0.25, -0.2) is 0 Å². The molecule has 0 aliphatic carbocycles. The molecule has 0 bridgehead atoms. The molecule has 98 valence electrons. The normalized spacial score (nSPS) is 21.9. The Bertz CT molecular complexity index is 405. The van der Waals surface area contributed by atoms with Gasteiger partial charge in [0, 0.05) is 30.9 Å². The molecule has 5 heteroatoms. The van der Waals surface area contributed by atoms with E-state index in [9.17, 15) is 0 Å². The number of ether oxygens (including phenoxy) is 3. The molecule has 3 rings (SSSR count). The molecule has 1 unspecified atom stereocenters. The fourth-order valence-electron chi connectivity index (χ4n) is 2.20. The first-order valence-corrected chi connectivity index (χ1v) is 6.36. The third-order valence-corrected chi connectivity index (χ3v) is 3.19. The molecule has 0 amide bonds. The number of hydrogen-bond donors (Lipinski definition) is 2. The van der Waals surface area contributed by atoms with Crippen LogP contribution in [-0.2, 0) is 4.74 Å². The molecule has 1 fully saturated rings. The van der Waals surface area contributed by atoms with E-state index in [1.54, 1.807) is 0 Å². The first-order valence-electron chi connectivity index (χ1n) is 6.36. The van der Waals surface area contributed by atoms with Crippen LogP contribution in [0.4, 0.5) is 5.69 Å². The van der Waals surface area contributed by atoms with Crippen LogP contribution in [0.15, 0.2) is 18.2 Å². The van der Waals surface area contributed by atoms with Crippen LogP contribution in [0.2, 0.25) is 0 Å². The van der Waals surface area contributed by atoms with Crippen LogP contribution >= 0.6 is 0 Å². The first-order chi connectivity index (χ1) is 8.92. The van der Waals surface area contributed by atoms with Crippen LogP contribution in [0.5, 0.6) is 11.5 Å². The molecule has 2 heterocycles. The van der Waals surface area contributed by atoms with Crippen LogP contribution in [0.25, 0.3) is 0 Å². The number of fused-ring (bicyclic) bond motifs is 1. The molecule has 1 aromatic rings. The fourth-order valence-corrected chi connectivity index (χ4v) is 2.20.